The second kappa shape index (κ2) is 4.50. The molecule has 0 aliphatic rings. The van der Waals surface area contributed by atoms with Crippen molar-refractivity contribution in [2.75, 3.05) is 13.6 Å². The molecule has 0 aromatic carbocycles. The Morgan fingerprint density at radius 1 is 1.59 bits per heavy atom. The predicted octanol–water partition coefficient (Wildman–Crippen LogP) is -0.0944. The number of hydrogen-bond acceptors (Lipinski definition) is 4. The maximum absolute atomic E-state index is 12.1. The first-order chi connectivity index (χ1) is 8.13. The second-order valence-corrected chi connectivity index (χ2v) is 3.96. The van der Waals surface area contributed by atoms with Gasteiger partial charge in [0.1, 0.15) is 11.7 Å². The average Bonchev–Trinajstić information content (AvgIpc) is 2.66. The van der Waals surface area contributed by atoms with Crippen LogP contribution in [0, 0.1) is 0 Å². The molecule has 1 N–H and O–H groups in total. The number of nitrogens with zero attached hydrogens (tertiary/aromatic N) is 4. The summed E-state index contributed by atoms with van der Waals surface area (Å²) in [6.07, 6.45) is 3.08. The minimum Gasteiger partial charge on any atom is -0.316 e. The molecule has 0 radical (unpaired) electrons. The van der Waals surface area contributed by atoms with E-state index in [4.69, 9.17) is 0 Å². The molecular weight excluding hydrogens is 218 g/mol. The van der Waals surface area contributed by atoms with Crippen LogP contribution in [0.1, 0.15) is 0 Å². The Hall–Kier alpha value is -1.95. The molecule has 0 bridgehead atoms. The third kappa shape index (κ3) is 2.12. The number of fused-ring (bicyclic) bond motifs is 1. The lowest BCUT2D eigenvalue weighted by atomic mass is 10.3. The van der Waals surface area contributed by atoms with Gasteiger partial charge in [0.05, 0.1) is 6.20 Å². The summed E-state index contributed by atoms with van der Waals surface area (Å²) in [5.74, 6) is 0. The fourth-order valence-electron chi connectivity index (χ4n) is 1.73. The number of rotatable bonds is 4. The van der Waals surface area contributed by atoms with Gasteiger partial charge in [-0.3, -0.25) is 14.0 Å². The Labute approximate surface area is 98.6 Å². The molecule has 0 fully saturated rings. The fraction of sp³-hybridized carbons (Fsp3) is 0.364. The molecule has 0 atom stereocenters. The van der Waals surface area contributed by atoms with E-state index in [0.29, 0.717) is 24.1 Å². The van der Waals surface area contributed by atoms with Gasteiger partial charge in [-0.2, -0.15) is 5.10 Å². The second-order valence-electron chi connectivity index (χ2n) is 3.96. The fourth-order valence-corrected chi connectivity index (χ4v) is 1.73. The van der Waals surface area contributed by atoms with E-state index >= 15 is 0 Å². The van der Waals surface area contributed by atoms with E-state index < -0.39 is 0 Å². The van der Waals surface area contributed by atoms with Gasteiger partial charge in [0.2, 0.25) is 0 Å². The minimum absolute atomic E-state index is 0.0830. The van der Waals surface area contributed by atoms with Crippen molar-refractivity contribution >= 4 is 11.0 Å². The van der Waals surface area contributed by atoms with E-state index in [2.05, 4.69) is 22.0 Å². The van der Waals surface area contributed by atoms with Crippen molar-refractivity contribution in [3.8, 4) is 0 Å². The summed E-state index contributed by atoms with van der Waals surface area (Å²) < 4.78 is 3.13. The molecule has 0 amide bonds. The van der Waals surface area contributed by atoms with Crippen LogP contribution in [0.5, 0.6) is 0 Å². The lowest BCUT2D eigenvalue weighted by molar-refractivity contribution is 0.700. The number of aromatic nitrogens is 4. The van der Waals surface area contributed by atoms with Crippen LogP contribution in [-0.4, -0.2) is 32.9 Å². The van der Waals surface area contributed by atoms with Gasteiger partial charge in [0.15, 0.2) is 5.65 Å². The number of aryl methyl sites for hydroxylation is 1. The first-order valence-corrected chi connectivity index (χ1v) is 5.32. The van der Waals surface area contributed by atoms with Crippen LogP contribution in [0.25, 0.3) is 11.0 Å². The van der Waals surface area contributed by atoms with Crippen molar-refractivity contribution in [2.45, 2.75) is 6.54 Å². The highest BCUT2D eigenvalue weighted by molar-refractivity contribution is 5.72. The summed E-state index contributed by atoms with van der Waals surface area (Å²) in [7, 11) is 3.61. The summed E-state index contributed by atoms with van der Waals surface area (Å²) >= 11 is 0. The third-order valence-corrected chi connectivity index (χ3v) is 2.54. The highest BCUT2D eigenvalue weighted by Crippen LogP contribution is 2.03. The quantitative estimate of drug-likeness (QED) is 0.749. The van der Waals surface area contributed by atoms with E-state index in [1.165, 1.54) is 6.33 Å². The van der Waals surface area contributed by atoms with Gasteiger partial charge in [0, 0.05) is 20.1 Å². The first-order valence-electron chi connectivity index (χ1n) is 5.32. The van der Waals surface area contributed by atoms with Gasteiger partial charge in [0.25, 0.3) is 5.56 Å². The zero-order chi connectivity index (χ0) is 12.4. The molecule has 0 spiro atoms. The van der Waals surface area contributed by atoms with Crippen molar-refractivity contribution in [3.05, 3.63) is 35.0 Å². The summed E-state index contributed by atoms with van der Waals surface area (Å²) in [6, 6.07) is 0. The molecule has 6 heteroatoms. The Kier molecular flexibility index (Phi) is 3.06. The Morgan fingerprint density at radius 2 is 2.35 bits per heavy atom. The van der Waals surface area contributed by atoms with Crippen LogP contribution < -0.4 is 10.9 Å². The van der Waals surface area contributed by atoms with E-state index in [1.807, 2.05) is 7.05 Å². The highest BCUT2D eigenvalue weighted by Gasteiger charge is 2.08. The first kappa shape index (κ1) is 11.5. The van der Waals surface area contributed by atoms with Crippen LogP contribution in [0.15, 0.2) is 29.5 Å². The molecular formula is C11H15N5O. The summed E-state index contributed by atoms with van der Waals surface area (Å²) in [4.78, 5) is 16.3. The molecule has 6 nitrogen and oxygen atoms in total. The lowest BCUT2D eigenvalue weighted by Crippen LogP contribution is -2.23. The van der Waals surface area contributed by atoms with Crippen LogP contribution in [0.3, 0.4) is 0 Å². The SMILES string of the molecule is C=C(CNC)Cn1cnc2c(cnn2C)c1=O. The zero-order valence-corrected chi connectivity index (χ0v) is 9.97. The molecule has 2 heterocycles. The Bertz CT molecular complexity index is 610. The molecule has 2 rings (SSSR count). The van der Waals surface area contributed by atoms with Crippen molar-refractivity contribution in [3.63, 3.8) is 0 Å². The van der Waals surface area contributed by atoms with Crippen LogP contribution in [0.4, 0.5) is 0 Å². The van der Waals surface area contributed by atoms with Gasteiger partial charge in [-0.1, -0.05) is 6.58 Å². The van der Waals surface area contributed by atoms with Gasteiger partial charge in [-0.15, -0.1) is 0 Å². The number of hydrogen-bond donors (Lipinski definition) is 1. The normalized spacial score (nSPS) is 10.9. The smallest absolute Gasteiger partial charge is 0.264 e. The van der Waals surface area contributed by atoms with Gasteiger partial charge >= 0.3 is 0 Å². The van der Waals surface area contributed by atoms with Crippen LogP contribution in [-0.2, 0) is 13.6 Å². The van der Waals surface area contributed by atoms with Gasteiger partial charge in [-0.05, 0) is 12.6 Å². The molecule has 2 aromatic heterocycles. The predicted molar refractivity (Wildman–Crippen MR) is 65.8 cm³/mol. The molecule has 17 heavy (non-hydrogen) atoms. The molecule has 0 aliphatic heterocycles. The summed E-state index contributed by atoms with van der Waals surface area (Å²) in [6.45, 7) is 5.04. The maximum atomic E-state index is 12.1. The topological polar surface area (TPSA) is 64.7 Å². The standard InChI is InChI=1S/C11H15N5O/c1-8(4-12-2)6-16-7-13-10-9(11(16)17)5-14-15(10)3/h5,7,12H,1,4,6H2,2-3H3. The van der Waals surface area contributed by atoms with E-state index in [1.54, 1.807) is 22.5 Å². The zero-order valence-electron chi connectivity index (χ0n) is 9.97. The van der Waals surface area contributed by atoms with Gasteiger partial charge in [-0.25, -0.2) is 4.98 Å². The monoisotopic (exact) mass is 233 g/mol. The summed E-state index contributed by atoms with van der Waals surface area (Å²) in [5.41, 5.74) is 1.45. The van der Waals surface area contributed by atoms with Crippen molar-refractivity contribution in [1.82, 2.24) is 24.6 Å². The molecule has 90 valence electrons. The third-order valence-electron chi connectivity index (χ3n) is 2.54. The lowest BCUT2D eigenvalue weighted by Gasteiger charge is -2.07. The van der Waals surface area contributed by atoms with E-state index in [-0.39, 0.29) is 5.56 Å². The Balaban J connectivity index is 2.40. The molecule has 2 aromatic rings. The Morgan fingerprint density at radius 3 is 3.06 bits per heavy atom. The van der Waals surface area contributed by atoms with Gasteiger partial charge < -0.3 is 5.32 Å². The molecule has 0 unspecified atom stereocenters. The molecule has 0 aliphatic carbocycles. The number of nitrogens with one attached hydrogen (secondary N) is 1. The number of likely N-dealkylation sites (N-methyl/N-ethyl adjacent to an activating group) is 1. The average molecular weight is 233 g/mol. The largest absolute Gasteiger partial charge is 0.316 e. The summed E-state index contributed by atoms with van der Waals surface area (Å²) in [5, 5.41) is 7.55. The van der Waals surface area contributed by atoms with Crippen LogP contribution >= 0.6 is 0 Å². The van der Waals surface area contributed by atoms with Crippen molar-refractivity contribution < 1.29 is 0 Å². The maximum Gasteiger partial charge on any atom is 0.264 e. The highest BCUT2D eigenvalue weighted by atomic mass is 16.1. The van der Waals surface area contributed by atoms with Crippen molar-refractivity contribution in [1.29, 1.82) is 0 Å². The molecule has 0 saturated carbocycles. The minimum atomic E-state index is -0.0830. The van der Waals surface area contributed by atoms with E-state index in [9.17, 15) is 4.79 Å². The van der Waals surface area contributed by atoms with E-state index in [0.717, 1.165) is 5.57 Å². The van der Waals surface area contributed by atoms with Crippen LogP contribution in [0.2, 0.25) is 0 Å². The molecule has 0 saturated heterocycles. The van der Waals surface area contributed by atoms with Crippen molar-refractivity contribution in [2.24, 2.45) is 7.05 Å².